The number of nitrogens with zero attached hydrogens (tertiary/aromatic N) is 2. The minimum atomic E-state index is -0.597. The van der Waals surface area contributed by atoms with Gasteiger partial charge in [0, 0.05) is 19.7 Å². The summed E-state index contributed by atoms with van der Waals surface area (Å²) in [5, 5.41) is 6.57. The molecule has 0 aromatic carbocycles. The zero-order valence-corrected chi connectivity index (χ0v) is 11.4. The minimum Gasteiger partial charge on any atom is -0.444 e. The molecule has 0 saturated heterocycles. The van der Waals surface area contributed by atoms with Crippen LogP contribution < -0.4 is 5.32 Å². The second-order valence-electron chi connectivity index (χ2n) is 4.97. The summed E-state index contributed by atoms with van der Waals surface area (Å²) in [7, 11) is 1.69. The van der Waals surface area contributed by atoms with Crippen LogP contribution in [0.25, 0.3) is 0 Å². The first-order valence-corrected chi connectivity index (χ1v) is 5.79. The Morgan fingerprint density at radius 3 is 2.56 bits per heavy atom. The summed E-state index contributed by atoms with van der Waals surface area (Å²) in [6.45, 7) is 7.06. The maximum atomic E-state index is 11.6. The summed E-state index contributed by atoms with van der Waals surface area (Å²) < 4.78 is 6.60. The first-order valence-electron chi connectivity index (χ1n) is 5.79. The number of ketones is 1. The Bertz CT molecular complexity index is 458. The molecule has 0 aliphatic carbocycles. The molecule has 0 radical (unpaired) electrons. The predicted octanol–water partition coefficient (Wildman–Crippen LogP) is 2.36. The van der Waals surface area contributed by atoms with Gasteiger partial charge in [0.15, 0.2) is 11.5 Å². The second kappa shape index (κ2) is 5.20. The Balaban J connectivity index is 2.84. The highest BCUT2D eigenvalue weighted by atomic mass is 16.6. The van der Waals surface area contributed by atoms with Gasteiger partial charge in [-0.15, -0.1) is 0 Å². The van der Waals surface area contributed by atoms with Crippen LogP contribution in [0.5, 0.6) is 0 Å². The Hall–Kier alpha value is -1.85. The second-order valence-corrected chi connectivity index (χ2v) is 4.97. The number of Topliss-reactive ketones (excluding diaryl/α,β-unsaturated/α-hetero) is 1. The summed E-state index contributed by atoms with van der Waals surface area (Å²) >= 11 is 0. The standard InChI is InChI=1S/C12H19N3O3/c1-6-9(16)10-8(7-15(5)14-10)13-11(17)18-12(2,3)4/h7H,6H2,1-5H3,(H,13,17). The van der Waals surface area contributed by atoms with Gasteiger partial charge in [-0.2, -0.15) is 5.10 Å². The van der Waals surface area contributed by atoms with E-state index in [1.807, 2.05) is 0 Å². The van der Waals surface area contributed by atoms with Gasteiger partial charge in [0.05, 0.1) is 5.69 Å². The van der Waals surface area contributed by atoms with Crippen molar-refractivity contribution in [3.63, 3.8) is 0 Å². The highest BCUT2D eigenvalue weighted by molar-refractivity contribution is 6.02. The van der Waals surface area contributed by atoms with Crippen molar-refractivity contribution in [2.75, 3.05) is 5.32 Å². The monoisotopic (exact) mass is 253 g/mol. The summed E-state index contributed by atoms with van der Waals surface area (Å²) in [5.74, 6) is -0.123. The summed E-state index contributed by atoms with van der Waals surface area (Å²) in [5.41, 5.74) is 0.0470. The molecule has 0 spiro atoms. The molecule has 6 heteroatoms. The lowest BCUT2D eigenvalue weighted by Crippen LogP contribution is -2.27. The largest absolute Gasteiger partial charge is 0.444 e. The molecule has 0 aliphatic rings. The van der Waals surface area contributed by atoms with Crippen LogP contribution in [0.1, 0.15) is 44.6 Å². The Morgan fingerprint density at radius 2 is 2.06 bits per heavy atom. The van der Waals surface area contributed by atoms with E-state index in [9.17, 15) is 9.59 Å². The molecule has 0 fully saturated rings. The van der Waals surface area contributed by atoms with Crippen LogP contribution in [0.2, 0.25) is 0 Å². The van der Waals surface area contributed by atoms with E-state index in [2.05, 4.69) is 10.4 Å². The van der Waals surface area contributed by atoms with Crippen molar-refractivity contribution < 1.29 is 14.3 Å². The van der Waals surface area contributed by atoms with Gasteiger partial charge >= 0.3 is 6.09 Å². The molecule has 0 atom stereocenters. The van der Waals surface area contributed by atoms with E-state index in [1.54, 1.807) is 40.9 Å². The average molecular weight is 253 g/mol. The van der Waals surface area contributed by atoms with Crippen LogP contribution in [0.3, 0.4) is 0 Å². The van der Waals surface area contributed by atoms with Crippen molar-refractivity contribution in [2.45, 2.75) is 39.7 Å². The summed E-state index contributed by atoms with van der Waals surface area (Å²) in [6.07, 6.45) is 1.31. The fourth-order valence-electron chi connectivity index (χ4n) is 1.37. The van der Waals surface area contributed by atoms with Crippen LogP contribution in [0.15, 0.2) is 6.20 Å². The lowest BCUT2D eigenvalue weighted by atomic mass is 10.2. The number of ether oxygens (including phenoxy) is 1. The van der Waals surface area contributed by atoms with Crippen LogP contribution in [0.4, 0.5) is 10.5 Å². The van der Waals surface area contributed by atoms with Gasteiger partial charge in [0.2, 0.25) is 0 Å². The highest BCUT2D eigenvalue weighted by Gasteiger charge is 2.20. The van der Waals surface area contributed by atoms with Gasteiger partial charge in [-0.1, -0.05) is 6.92 Å². The van der Waals surface area contributed by atoms with Crippen LogP contribution in [-0.2, 0) is 11.8 Å². The van der Waals surface area contributed by atoms with Crippen molar-refractivity contribution in [1.29, 1.82) is 0 Å². The SMILES string of the molecule is CCC(=O)c1nn(C)cc1NC(=O)OC(C)(C)C. The average Bonchev–Trinajstić information content (AvgIpc) is 2.55. The molecule has 100 valence electrons. The quantitative estimate of drug-likeness (QED) is 0.839. The van der Waals surface area contributed by atoms with Gasteiger partial charge in [0.25, 0.3) is 0 Å². The molecule has 1 aromatic rings. The third-order valence-corrected chi connectivity index (χ3v) is 2.05. The number of anilines is 1. The fraction of sp³-hybridized carbons (Fsp3) is 0.583. The number of nitrogens with one attached hydrogen (secondary N) is 1. The van der Waals surface area contributed by atoms with E-state index in [1.165, 1.54) is 4.68 Å². The maximum absolute atomic E-state index is 11.6. The van der Waals surface area contributed by atoms with Crippen molar-refractivity contribution in [3.8, 4) is 0 Å². The van der Waals surface area contributed by atoms with Crippen molar-refractivity contribution in [3.05, 3.63) is 11.9 Å². The van der Waals surface area contributed by atoms with E-state index in [4.69, 9.17) is 4.74 Å². The molecule has 0 unspecified atom stereocenters. The first-order chi connectivity index (χ1) is 8.23. The fourth-order valence-corrected chi connectivity index (χ4v) is 1.37. The minimum absolute atomic E-state index is 0.123. The molecule has 1 rings (SSSR count). The number of hydrogen-bond donors (Lipinski definition) is 1. The summed E-state index contributed by atoms with van der Waals surface area (Å²) in [4.78, 5) is 23.3. The van der Waals surface area contributed by atoms with Crippen LogP contribution >= 0.6 is 0 Å². The number of hydrogen-bond acceptors (Lipinski definition) is 4. The van der Waals surface area contributed by atoms with Gasteiger partial charge in [-0.05, 0) is 20.8 Å². The molecular weight excluding hydrogens is 234 g/mol. The molecule has 18 heavy (non-hydrogen) atoms. The van der Waals surface area contributed by atoms with Crippen molar-refractivity contribution >= 4 is 17.6 Å². The zero-order chi connectivity index (χ0) is 13.9. The highest BCUT2D eigenvalue weighted by Crippen LogP contribution is 2.17. The lowest BCUT2D eigenvalue weighted by Gasteiger charge is -2.19. The molecule has 1 aromatic heterocycles. The van der Waals surface area contributed by atoms with E-state index >= 15 is 0 Å². The van der Waals surface area contributed by atoms with Gasteiger partial charge in [-0.3, -0.25) is 14.8 Å². The smallest absolute Gasteiger partial charge is 0.412 e. The molecule has 1 amide bonds. The van der Waals surface area contributed by atoms with E-state index < -0.39 is 11.7 Å². The molecule has 0 bridgehead atoms. The number of carbonyl (C=O) groups is 2. The first kappa shape index (κ1) is 14.2. The molecular formula is C12H19N3O3. The normalized spacial score (nSPS) is 11.2. The lowest BCUT2D eigenvalue weighted by molar-refractivity contribution is 0.0636. The predicted molar refractivity (Wildman–Crippen MR) is 67.7 cm³/mol. The molecule has 1 N–H and O–H groups in total. The zero-order valence-electron chi connectivity index (χ0n) is 11.4. The van der Waals surface area contributed by atoms with E-state index in [0.717, 1.165) is 0 Å². The van der Waals surface area contributed by atoms with Gasteiger partial charge in [-0.25, -0.2) is 4.79 Å². The molecule has 1 heterocycles. The van der Waals surface area contributed by atoms with Crippen LogP contribution in [-0.4, -0.2) is 27.3 Å². The number of carbonyl (C=O) groups excluding carboxylic acids is 2. The maximum Gasteiger partial charge on any atom is 0.412 e. The van der Waals surface area contributed by atoms with E-state index in [-0.39, 0.29) is 11.5 Å². The third kappa shape index (κ3) is 3.87. The topological polar surface area (TPSA) is 73.2 Å². The molecule has 0 saturated carbocycles. The van der Waals surface area contributed by atoms with Gasteiger partial charge < -0.3 is 4.74 Å². The number of aromatic nitrogens is 2. The Kier molecular flexibility index (Phi) is 4.11. The van der Waals surface area contributed by atoms with Crippen molar-refractivity contribution in [2.24, 2.45) is 7.05 Å². The Labute approximate surface area is 106 Å². The number of aryl methyl sites for hydroxylation is 1. The van der Waals surface area contributed by atoms with Crippen molar-refractivity contribution in [1.82, 2.24) is 9.78 Å². The number of rotatable bonds is 3. The Morgan fingerprint density at radius 1 is 1.44 bits per heavy atom. The molecule has 6 nitrogen and oxygen atoms in total. The molecule has 0 aliphatic heterocycles. The van der Waals surface area contributed by atoms with Gasteiger partial charge in [0.1, 0.15) is 5.60 Å². The number of amides is 1. The summed E-state index contributed by atoms with van der Waals surface area (Å²) in [6, 6.07) is 0. The van der Waals surface area contributed by atoms with E-state index in [0.29, 0.717) is 12.1 Å². The van der Waals surface area contributed by atoms with Crippen LogP contribution in [0, 0.1) is 0 Å². The third-order valence-electron chi connectivity index (χ3n) is 2.05.